The van der Waals surface area contributed by atoms with Crippen molar-refractivity contribution in [2.75, 3.05) is 0 Å². The maximum atomic E-state index is 5.88. The normalized spacial score (nSPS) is 13.4. The molecule has 13 heavy (non-hydrogen) atoms. The van der Waals surface area contributed by atoms with Crippen molar-refractivity contribution in [2.45, 2.75) is 19.4 Å². The van der Waals surface area contributed by atoms with E-state index >= 15 is 0 Å². The molecule has 2 aromatic rings. The second-order valence-electron chi connectivity index (χ2n) is 3.00. The zero-order chi connectivity index (χ0) is 9.26. The Kier molecular flexibility index (Phi) is 1.98. The largest absolute Gasteiger partial charge is 0.321 e. The van der Waals surface area contributed by atoms with E-state index in [2.05, 4.69) is 10.2 Å². The molecule has 0 fully saturated rings. The minimum Gasteiger partial charge on any atom is -0.321 e. The minimum absolute atomic E-state index is 0.0302. The van der Waals surface area contributed by atoms with Crippen LogP contribution in [-0.4, -0.2) is 14.6 Å². The maximum absolute atomic E-state index is 5.88. The average Bonchev–Trinajstić information content (AvgIpc) is 2.60. The topological polar surface area (TPSA) is 56.2 Å². The van der Waals surface area contributed by atoms with Gasteiger partial charge in [0.15, 0.2) is 11.5 Å². The Morgan fingerprint density at radius 1 is 1.46 bits per heavy atom. The molecule has 1 unspecified atom stereocenters. The number of rotatable bonds is 2. The molecule has 0 aromatic carbocycles. The van der Waals surface area contributed by atoms with E-state index in [0.29, 0.717) is 0 Å². The second kappa shape index (κ2) is 3.14. The monoisotopic (exact) mass is 176 g/mol. The van der Waals surface area contributed by atoms with E-state index < -0.39 is 0 Å². The predicted molar refractivity (Wildman–Crippen MR) is 50.2 cm³/mol. The third-order valence-electron chi connectivity index (χ3n) is 2.11. The molecule has 0 saturated heterocycles. The highest BCUT2D eigenvalue weighted by Crippen LogP contribution is 2.11. The van der Waals surface area contributed by atoms with E-state index in [4.69, 9.17) is 5.73 Å². The molecule has 0 bridgehead atoms. The van der Waals surface area contributed by atoms with Crippen LogP contribution in [0.15, 0.2) is 24.4 Å². The molecular weight excluding hydrogens is 164 g/mol. The van der Waals surface area contributed by atoms with Gasteiger partial charge < -0.3 is 5.73 Å². The van der Waals surface area contributed by atoms with Gasteiger partial charge in [0.25, 0.3) is 0 Å². The number of hydrogen-bond acceptors (Lipinski definition) is 3. The van der Waals surface area contributed by atoms with Gasteiger partial charge in [-0.2, -0.15) is 0 Å². The lowest BCUT2D eigenvalue weighted by Gasteiger charge is -2.05. The fourth-order valence-electron chi connectivity index (χ4n) is 1.30. The minimum atomic E-state index is -0.0302. The predicted octanol–water partition coefficient (Wildman–Crippen LogP) is 1.14. The fraction of sp³-hybridized carbons (Fsp3) is 0.333. The lowest BCUT2D eigenvalue weighted by Crippen LogP contribution is -2.12. The number of pyridine rings is 1. The van der Waals surface area contributed by atoms with Crippen molar-refractivity contribution in [2.24, 2.45) is 5.73 Å². The highest BCUT2D eigenvalue weighted by atomic mass is 15.3. The summed E-state index contributed by atoms with van der Waals surface area (Å²) >= 11 is 0. The van der Waals surface area contributed by atoms with Gasteiger partial charge in [-0.25, -0.2) is 0 Å². The van der Waals surface area contributed by atoms with E-state index in [1.165, 1.54) is 0 Å². The Hall–Kier alpha value is -1.42. The first kappa shape index (κ1) is 8.19. The maximum Gasteiger partial charge on any atom is 0.160 e. The third-order valence-corrected chi connectivity index (χ3v) is 2.11. The van der Waals surface area contributed by atoms with Gasteiger partial charge in [-0.15, -0.1) is 10.2 Å². The molecule has 0 spiro atoms. The Morgan fingerprint density at radius 3 is 3.08 bits per heavy atom. The van der Waals surface area contributed by atoms with Gasteiger partial charge in [0.05, 0.1) is 6.04 Å². The van der Waals surface area contributed by atoms with Crippen LogP contribution in [0.1, 0.15) is 25.2 Å². The summed E-state index contributed by atoms with van der Waals surface area (Å²) in [4.78, 5) is 0. The van der Waals surface area contributed by atoms with Crippen LogP contribution < -0.4 is 5.73 Å². The van der Waals surface area contributed by atoms with Crippen LogP contribution in [0.3, 0.4) is 0 Å². The molecule has 68 valence electrons. The van der Waals surface area contributed by atoms with E-state index in [-0.39, 0.29) is 6.04 Å². The quantitative estimate of drug-likeness (QED) is 0.746. The molecule has 2 heterocycles. The molecule has 0 aliphatic carbocycles. The molecule has 0 aliphatic heterocycles. The first-order valence-electron chi connectivity index (χ1n) is 4.38. The number of hydrogen-bond donors (Lipinski definition) is 1. The third kappa shape index (κ3) is 1.29. The van der Waals surface area contributed by atoms with Gasteiger partial charge >= 0.3 is 0 Å². The van der Waals surface area contributed by atoms with Crippen LogP contribution in [0.25, 0.3) is 5.65 Å². The van der Waals surface area contributed by atoms with Crippen molar-refractivity contribution < 1.29 is 0 Å². The molecule has 0 amide bonds. The Labute approximate surface area is 76.4 Å². The van der Waals surface area contributed by atoms with Gasteiger partial charge in [-0.1, -0.05) is 13.0 Å². The van der Waals surface area contributed by atoms with Gasteiger partial charge in [0, 0.05) is 6.20 Å². The summed E-state index contributed by atoms with van der Waals surface area (Å²) in [6.45, 7) is 2.04. The lowest BCUT2D eigenvalue weighted by atomic mass is 10.2. The summed E-state index contributed by atoms with van der Waals surface area (Å²) in [6, 6.07) is 5.77. The number of fused-ring (bicyclic) bond motifs is 1. The molecule has 0 aliphatic rings. The first-order valence-corrected chi connectivity index (χ1v) is 4.38. The summed E-state index contributed by atoms with van der Waals surface area (Å²) < 4.78 is 1.92. The zero-order valence-electron chi connectivity index (χ0n) is 7.51. The van der Waals surface area contributed by atoms with Gasteiger partial charge in [0.1, 0.15) is 0 Å². The van der Waals surface area contributed by atoms with E-state index in [1.54, 1.807) is 0 Å². The Bertz CT molecular complexity index is 407. The molecule has 0 saturated carbocycles. The van der Waals surface area contributed by atoms with Crippen molar-refractivity contribution >= 4 is 5.65 Å². The lowest BCUT2D eigenvalue weighted by molar-refractivity contribution is 0.640. The summed E-state index contributed by atoms with van der Waals surface area (Å²) in [7, 11) is 0. The number of nitrogens with two attached hydrogens (primary N) is 1. The van der Waals surface area contributed by atoms with Crippen LogP contribution in [0.5, 0.6) is 0 Å². The summed E-state index contributed by atoms with van der Waals surface area (Å²) in [5, 5.41) is 8.07. The highest BCUT2D eigenvalue weighted by Gasteiger charge is 2.10. The van der Waals surface area contributed by atoms with Crippen LogP contribution >= 0.6 is 0 Å². The van der Waals surface area contributed by atoms with E-state index in [9.17, 15) is 0 Å². The number of aromatic nitrogens is 3. The first-order chi connectivity index (χ1) is 6.33. The van der Waals surface area contributed by atoms with Crippen molar-refractivity contribution in [3.63, 3.8) is 0 Å². The van der Waals surface area contributed by atoms with E-state index in [0.717, 1.165) is 17.9 Å². The number of nitrogens with zero attached hydrogens (tertiary/aromatic N) is 3. The molecule has 4 nitrogen and oxygen atoms in total. The molecule has 1 atom stereocenters. The van der Waals surface area contributed by atoms with Gasteiger partial charge in [-0.3, -0.25) is 4.40 Å². The molecule has 2 aromatic heterocycles. The summed E-state index contributed by atoms with van der Waals surface area (Å²) in [6.07, 6.45) is 2.80. The molecule has 0 radical (unpaired) electrons. The fourth-order valence-corrected chi connectivity index (χ4v) is 1.30. The van der Waals surface area contributed by atoms with Crippen LogP contribution in [-0.2, 0) is 0 Å². The highest BCUT2D eigenvalue weighted by molar-refractivity contribution is 5.37. The van der Waals surface area contributed by atoms with Gasteiger partial charge in [0.2, 0.25) is 0 Å². The smallest absolute Gasteiger partial charge is 0.160 e. The van der Waals surface area contributed by atoms with Crippen LogP contribution in [0.2, 0.25) is 0 Å². The molecular formula is C9H12N4. The summed E-state index contributed by atoms with van der Waals surface area (Å²) in [5.74, 6) is 0.832. The Balaban J connectivity index is 2.57. The van der Waals surface area contributed by atoms with E-state index in [1.807, 2.05) is 35.7 Å². The van der Waals surface area contributed by atoms with Crippen LogP contribution in [0, 0.1) is 0 Å². The average molecular weight is 176 g/mol. The molecule has 2 rings (SSSR count). The van der Waals surface area contributed by atoms with Crippen molar-refractivity contribution in [3.05, 3.63) is 30.2 Å². The molecule has 4 heteroatoms. The standard InChI is InChI=1S/C9H12N4/c1-2-7(10)9-12-11-8-5-3-4-6-13(8)9/h3-7H,2,10H2,1H3. The van der Waals surface area contributed by atoms with Crippen molar-refractivity contribution in [1.82, 2.24) is 14.6 Å². The van der Waals surface area contributed by atoms with Gasteiger partial charge in [-0.05, 0) is 18.6 Å². The Morgan fingerprint density at radius 2 is 2.31 bits per heavy atom. The summed E-state index contributed by atoms with van der Waals surface area (Å²) in [5.41, 5.74) is 6.73. The van der Waals surface area contributed by atoms with Crippen LogP contribution in [0.4, 0.5) is 0 Å². The molecule has 2 N–H and O–H groups in total. The second-order valence-corrected chi connectivity index (χ2v) is 3.00. The SMILES string of the molecule is CCC(N)c1nnc2ccccn12. The van der Waals surface area contributed by atoms with Crippen molar-refractivity contribution in [3.8, 4) is 0 Å². The zero-order valence-corrected chi connectivity index (χ0v) is 7.51. The van der Waals surface area contributed by atoms with Crippen molar-refractivity contribution in [1.29, 1.82) is 0 Å².